The zero-order valence-electron chi connectivity index (χ0n) is 6.18. The van der Waals surface area contributed by atoms with E-state index in [0.29, 0.717) is 6.29 Å². The van der Waals surface area contributed by atoms with Gasteiger partial charge >= 0.3 is 0 Å². The quantitative estimate of drug-likeness (QED) is 0.641. The number of dihydropyridines is 1. The Kier molecular flexibility index (Phi) is 2.74. The number of hydrogen-bond donors (Lipinski definition) is 1. The van der Waals surface area contributed by atoms with Crippen LogP contribution in [0.3, 0.4) is 0 Å². The molecule has 1 aliphatic rings. The SMILES string of the molecule is O=CC/C=C1\NC=C(F)C=C1F. The summed E-state index contributed by atoms with van der Waals surface area (Å²) in [4.78, 5) is 9.91. The van der Waals surface area contributed by atoms with E-state index < -0.39 is 11.7 Å². The van der Waals surface area contributed by atoms with Gasteiger partial charge in [0.2, 0.25) is 0 Å². The first kappa shape index (κ1) is 8.64. The summed E-state index contributed by atoms with van der Waals surface area (Å²) in [6.45, 7) is 0. The van der Waals surface area contributed by atoms with Crippen molar-refractivity contribution in [2.24, 2.45) is 0 Å². The molecular weight excluding hydrogens is 164 g/mol. The van der Waals surface area contributed by atoms with Crippen LogP contribution < -0.4 is 5.32 Å². The molecule has 0 bridgehead atoms. The van der Waals surface area contributed by atoms with Gasteiger partial charge in [0.1, 0.15) is 17.9 Å². The van der Waals surface area contributed by atoms with Gasteiger partial charge in [0.05, 0.1) is 5.70 Å². The molecule has 0 spiro atoms. The molecule has 0 atom stereocenters. The summed E-state index contributed by atoms with van der Waals surface area (Å²) in [6.07, 6.45) is 3.88. The molecule has 1 N–H and O–H groups in total. The average molecular weight is 171 g/mol. The van der Waals surface area contributed by atoms with Crippen molar-refractivity contribution in [3.63, 3.8) is 0 Å². The second-order valence-electron chi connectivity index (χ2n) is 2.19. The lowest BCUT2D eigenvalue weighted by atomic mass is 10.2. The molecule has 4 heteroatoms. The Bertz CT molecular complexity index is 279. The number of hydrogen-bond acceptors (Lipinski definition) is 2. The van der Waals surface area contributed by atoms with Gasteiger partial charge in [0, 0.05) is 18.7 Å². The summed E-state index contributed by atoms with van der Waals surface area (Å²) >= 11 is 0. The average Bonchev–Trinajstić information content (AvgIpc) is 2.03. The van der Waals surface area contributed by atoms with E-state index in [1.807, 2.05) is 0 Å². The summed E-state index contributed by atoms with van der Waals surface area (Å²) in [6, 6.07) is 0. The van der Waals surface area contributed by atoms with Crippen LogP contribution in [0.15, 0.2) is 35.7 Å². The summed E-state index contributed by atoms with van der Waals surface area (Å²) < 4.78 is 25.1. The Labute approximate surface area is 68.3 Å². The normalized spacial score (nSPS) is 19.7. The predicted molar refractivity (Wildman–Crippen MR) is 40.3 cm³/mol. The molecule has 2 nitrogen and oxygen atoms in total. The summed E-state index contributed by atoms with van der Waals surface area (Å²) in [5.74, 6) is -1.37. The van der Waals surface area contributed by atoms with Crippen LogP contribution in [0, 0.1) is 0 Å². The van der Waals surface area contributed by atoms with Crippen LogP contribution in [0.4, 0.5) is 8.78 Å². The summed E-state index contributed by atoms with van der Waals surface area (Å²) in [5.41, 5.74) is 0.128. The molecule has 1 aliphatic heterocycles. The largest absolute Gasteiger partial charge is 0.357 e. The predicted octanol–water partition coefficient (Wildman–Crippen LogP) is 1.73. The van der Waals surface area contributed by atoms with Gasteiger partial charge in [-0.25, -0.2) is 8.78 Å². The fourth-order valence-corrected chi connectivity index (χ4v) is 0.779. The van der Waals surface area contributed by atoms with E-state index in [-0.39, 0.29) is 12.1 Å². The van der Waals surface area contributed by atoms with Gasteiger partial charge in [-0.3, -0.25) is 0 Å². The van der Waals surface area contributed by atoms with Crippen molar-refractivity contribution in [3.8, 4) is 0 Å². The molecule has 0 unspecified atom stereocenters. The highest BCUT2D eigenvalue weighted by atomic mass is 19.1. The van der Waals surface area contributed by atoms with E-state index in [1.54, 1.807) is 0 Å². The highest BCUT2D eigenvalue weighted by Gasteiger charge is 2.08. The van der Waals surface area contributed by atoms with E-state index in [9.17, 15) is 13.6 Å². The zero-order chi connectivity index (χ0) is 8.97. The first-order chi connectivity index (χ1) is 5.74. The van der Waals surface area contributed by atoms with Crippen molar-refractivity contribution in [2.75, 3.05) is 0 Å². The molecule has 0 aromatic heterocycles. The zero-order valence-corrected chi connectivity index (χ0v) is 6.18. The molecule has 0 saturated heterocycles. The molecule has 0 aromatic carbocycles. The molecule has 0 fully saturated rings. The van der Waals surface area contributed by atoms with E-state index >= 15 is 0 Å². The molecule has 12 heavy (non-hydrogen) atoms. The fraction of sp³-hybridized carbons (Fsp3) is 0.125. The number of carbonyl (C=O) groups excluding carboxylic acids is 1. The lowest BCUT2D eigenvalue weighted by Crippen LogP contribution is -2.10. The van der Waals surface area contributed by atoms with Gasteiger partial charge in [-0.2, -0.15) is 0 Å². The number of aldehydes is 1. The lowest BCUT2D eigenvalue weighted by molar-refractivity contribution is -0.107. The Morgan fingerprint density at radius 1 is 1.50 bits per heavy atom. The lowest BCUT2D eigenvalue weighted by Gasteiger charge is -2.08. The molecule has 0 saturated carbocycles. The van der Waals surface area contributed by atoms with Crippen LogP contribution in [0.1, 0.15) is 6.42 Å². The minimum absolute atomic E-state index is 0.110. The van der Waals surface area contributed by atoms with Crippen molar-refractivity contribution >= 4 is 6.29 Å². The number of nitrogens with one attached hydrogen (secondary N) is 1. The molecule has 0 amide bonds. The maximum absolute atomic E-state index is 12.8. The van der Waals surface area contributed by atoms with Gasteiger partial charge in [-0.05, 0) is 0 Å². The highest BCUT2D eigenvalue weighted by molar-refractivity contribution is 5.53. The first-order valence-corrected chi connectivity index (χ1v) is 3.37. The molecular formula is C8H7F2NO. The third-order valence-corrected chi connectivity index (χ3v) is 1.31. The van der Waals surface area contributed by atoms with Gasteiger partial charge in [-0.1, -0.05) is 6.08 Å². The van der Waals surface area contributed by atoms with E-state index in [4.69, 9.17) is 0 Å². The van der Waals surface area contributed by atoms with E-state index in [1.165, 1.54) is 6.08 Å². The van der Waals surface area contributed by atoms with Crippen molar-refractivity contribution in [3.05, 3.63) is 35.7 Å². The second-order valence-corrected chi connectivity index (χ2v) is 2.19. The number of allylic oxidation sites excluding steroid dienone is 4. The van der Waals surface area contributed by atoms with Crippen molar-refractivity contribution in [2.45, 2.75) is 6.42 Å². The summed E-state index contributed by atoms with van der Waals surface area (Å²) in [5, 5.41) is 2.38. The van der Waals surface area contributed by atoms with Gasteiger partial charge in [-0.15, -0.1) is 0 Å². The summed E-state index contributed by atoms with van der Waals surface area (Å²) in [7, 11) is 0. The maximum Gasteiger partial charge on any atom is 0.149 e. The third kappa shape index (κ3) is 2.02. The van der Waals surface area contributed by atoms with Crippen LogP contribution in [0.2, 0.25) is 0 Å². The fourth-order valence-electron chi connectivity index (χ4n) is 0.779. The molecule has 1 heterocycles. The minimum Gasteiger partial charge on any atom is -0.357 e. The van der Waals surface area contributed by atoms with Gasteiger partial charge in [0.15, 0.2) is 0 Å². The van der Waals surface area contributed by atoms with Crippen molar-refractivity contribution in [1.29, 1.82) is 0 Å². The Morgan fingerprint density at radius 3 is 2.83 bits per heavy atom. The standard InChI is InChI=1S/C8H7F2NO/c9-6-4-7(10)8(11-5-6)2-1-3-12/h2-5,11H,1H2/b8-2-. The Hall–Kier alpha value is -1.45. The Morgan fingerprint density at radius 2 is 2.25 bits per heavy atom. The van der Waals surface area contributed by atoms with Crippen molar-refractivity contribution < 1.29 is 13.6 Å². The molecule has 0 radical (unpaired) electrons. The molecule has 0 aliphatic carbocycles. The number of rotatable bonds is 2. The third-order valence-electron chi connectivity index (χ3n) is 1.31. The van der Waals surface area contributed by atoms with Gasteiger partial charge in [0.25, 0.3) is 0 Å². The molecule has 64 valence electrons. The minimum atomic E-state index is -0.697. The van der Waals surface area contributed by atoms with Crippen LogP contribution in [-0.2, 0) is 4.79 Å². The number of carbonyl (C=O) groups is 1. The van der Waals surface area contributed by atoms with Crippen LogP contribution in [-0.4, -0.2) is 6.29 Å². The smallest absolute Gasteiger partial charge is 0.149 e. The topological polar surface area (TPSA) is 29.1 Å². The van der Waals surface area contributed by atoms with Gasteiger partial charge < -0.3 is 10.1 Å². The van der Waals surface area contributed by atoms with E-state index in [0.717, 1.165) is 12.3 Å². The monoisotopic (exact) mass is 171 g/mol. The molecule has 1 rings (SSSR count). The maximum atomic E-state index is 12.8. The first-order valence-electron chi connectivity index (χ1n) is 3.37. The number of halogens is 2. The van der Waals surface area contributed by atoms with Crippen LogP contribution in [0.5, 0.6) is 0 Å². The van der Waals surface area contributed by atoms with Crippen LogP contribution in [0.25, 0.3) is 0 Å². The van der Waals surface area contributed by atoms with Crippen LogP contribution >= 0.6 is 0 Å². The molecule has 0 aromatic rings. The highest BCUT2D eigenvalue weighted by Crippen LogP contribution is 2.17. The second kappa shape index (κ2) is 3.80. The van der Waals surface area contributed by atoms with Crippen molar-refractivity contribution in [1.82, 2.24) is 5.32 Å². The van der Waals surface area contributed by atoms with E-state index in [2.05, 4.69) is 5.32 Å². The Balaban J connectivity index is 2.73.